The summed E-state index contributed by atoms with van der Waals surface area (Å²) in [5.41, 5.74) is 6.24. The average Bonchev–Trinajstić information content (AvgIpc) is 3.84. The summed E-state index contributed by atoms with van der Waals surface area (Å²) in [5, 5.41) is 14.5. The maximum absolute atomic E-state index is 14.2. The van der Waals surface area contributed by atoms with Gasteiger partial charge in [-0.15, -0.1) is 0 Å². The number of rotatable bonds is 10. The highest BCUT2D eigenvalue weighted by Crippen LogP contribution is 2.52. The van der Waals surface area contributed by atoms with Crippen molar-refractivity contribution in [3.05, 3.63) is 34.6 Å². The molecule has 3 unspecified atom stereocenters. The molecule has 44 heavy (non-hydrogen) atoms. The summed E-state index contributed by atoms with van der Waals surface area (Å²) in [7, 11) is 0. The quantitative estimate of drug-likeness (QED) is 0.263. The predicted octanol–water partition coefficient (Wildman–Crippen LogP) is 8.04. The predicted molar refractivity (Wildman–Crippen MR) is 181 cm³/mol. The molecule has 2 N–H and O–H groups in total. The van der Waals surface area contributed by atoms with Crippen molar-refractivity contribution >= 4 is 0 Å². The van der Waals surface area contributed by atoms with Crippen LogP contribution in [0.5, 0.6) is 0 Å². The van der Waals surface area contributed by atoms with Gasteiger partial charge in [0.15, 0.2) is 0 Å². The van der Waals surface area contributed by atoms with Crippen molar-refractivity contribution in [1.82, 2.24) is 15.1 Å². The maximum Gasteiger partial charge on any atom is 0.104 e. The molecule has 248 valence electrons. The SMILES string of the molecule is CCC[C@H]1C=C(C2=CC[C@H](F)C[C@@H]2C)C(C2CC2)CC1CN1CCC(N2CCC3=C(C[C@H](C(C)O)[C@H](CCC)N3)[C@H]2C)CC1. The largest absolute Gasteiger partial charge is 0.393 e. The Morgan fingerprint density at radius 1 is 1.00 bits per heavy atom. The van der Waals surface area contributed by atoms with Crippen LogP contribution < -0.4 is 5.32 Å². The van der Waals surface area contributed by atoms with Crippen LogP contribution in [-0.2, 0) is 0 Å². The van der Waals surface area contributed by atoms with Crippen LogP contribution in [0.25, 0.3) is 0 Å². The van der Waals surface area contributed by atoms with E-state index in [0.29, 0.717) is 54.6 Å². The molecule has 3 aliphatic carbocycles. The highest BCUT2D eigenvalue weighted by atomic mass is 19.1. The second kappa shape index (κ2) is 14.3. The first-order chi connectivity index (χ1) is 21.3. The maximum atomic E-state index is 14.2. The molecule has 0 aromatic rings. The van der Waals surface area contributed by atoms with Crippen LogP contribution in [0.3, 0.4) is 0 Å². The van der Waals surface area contributed by atoms with Crippen molar-refractivity contribution in [2.45, 2.75) is 148 Å². The summed E-state index contributed by atoms with van der Waals surface area (Å²) in [6.45, 7) is 16.2. The summed E-state index contributed by atoms with van der Waals surface area (Å²) in [6.07, 6.45) is 19.2. The van der Waals surface area contributed by atoms with Gasteiger partial charge in [-0.1, -0.05) is 45.8 Å². The Labute approximate surface area is 269 Å². The number of aliphatic hydroxyl groups excluding tert-OH is 1. The van der Waals surface area contributed by atoms with Gasteiger partial charge < -0.3 is 15.3 Å². The van der Waals surface area contributed by atoms with Crippen LogP contribution in [0.1, 0.15) is 118 Å². The Hall–Kier alpha value is -1.17. The number of halogens is 1. The zero-order valence-electron chi connectivity index (χ0n) is 28.7. The van der Waals surface area contributed by atoms with Gasteiger partial charge in [-0.25, -0.2) is 4.39 Å². The Bertz CT molecular complexity index is 1070. The number of alkyl halides is 1. The van der Waals surface area contributed by atoms with E-state index in [4.69, 9.17) is 0 Å². The molecule has 4 nitrogen and oxygen atoms in total. The van der Waals surface area contributed by atoms with Gasteiger partial charge in [-0.3, -0.25) is 4.90 Å². The first kappa shape index (κ1) is 32.8. The Morgan fingerprint density at radius 3 is 2.41 bits per heavy atom. The molecule has 0 aromatic heterocycles. The average molecular weight is 610 g/mol. The minimum atomic E-state index is -0.648. The molecule has 3 heterocycles. The molecule has 6 aliphatic rings. The third-order valence-electron chi connectivity index (χ3n) is 12.9. The lowest BCUT2D eigenvalue weighted by atomic mass is 9.67. The fraction of sp³-hybridized carbons (Fsp3) is 0.846. The number of likely N-dealkylation sites (tertiary alicyclic amines) is 1. The number of piperidine rings is 1. The van der Waals surface area contributed by atoms with E-state index in [2.05, 4.69) is 55.0 Å². The van der Waals surface area contributed by atoms with Crippen LogP contribution >= 0.6 is 0 Å². The molecule has 0 amide bonds. The van der Waals surface area contributed by atoms with Crippen molar-refractivity contribution in [2.75, 3.05) is 26.2 Å². The van der Waals surface area contributed by atoms with Crippen molar-refractivity contribution in [3.8, 4) is 0 Å². The fourth-order valence-electron chi connectivity index (χ4n) is 10.3. The van der Waals surface area contributed by atoms with E-state index in [1.54, 1.807) is 11.1 Å². The van der Waals surface area contributed by atoms with Gasteiger partial charge in [-0.2, -0.15) is 0 Å². The molecule has 1 saturated carbocycles. The molecule has 3 aliphatic heterocycles. The Morgan fingerprint density at radius 2 is 1.75 bits per heavy atom. The Balaban J connectivity index is 1.08. The number of nitrogens with zero attached hydrogens (tertiary/aromatic N) is 2. The molecule has 0 aromatic carbocycles. The summed E-state index contributed by atoms with van der Waals surface area (Å²) >= 11 is 0. The van der Waals surface area contributed by atoms with Crippen molar-refractivity contribution in [3.63, 3.8) is 0 Å². The topological polar surface area (TPSA) is 38.7 Å². The smallest absolute Gasteiger partial charge is 0.104 e. The zero-order valence-corrected chi connectivity index (χ0v) is 28.7. The summed E-state index contributed by atoms with van der Waals surface area (Å²) < 4.78 is 14.2. The number of hydrogen-bond donors (Lipinski definition) is 2. The molecule has 1 saturated heterocycles. The first-order valence-electron chi connectivity index (χ1n) is 19.0. The lowest BCUT2D eigenvalue weighted by Gasteiger charge is -2.49. The Kier molecular flexibility index (Phi) is 10.6. The highest BCUT2D eigenvalue weighted by Gasteiger charge is 2.43. The molecular formula is C39H64FN3O. The van der Waals surface area contributed by atoms with Gasteiger partial charge >= 0.3 is 0 Å². The van der Waals surface area contributed by atoms with Crippen molar-refractivity contribution in [2.24, 2.45) is 35.5 Å². The summed E-state index contributed by atoms with van der Waals surface area (Å²) in [6, 6.07) is 1.58. The standard InChI is InChI=1S/C39H64FN3O/c1-6-8-29-21-37(33-13-12-31(40)20-25(33)3)36(28-10-11-28)22-30(29)24-42-17-14-32(15-18-42)43-19-16-39-34(26(43)4)23-35(27(5)44)38(41-39)9-7-2/h13,21,25-32,35-36,38,41,44H,6-12,14-20,22-24H2,1-5H3/t25-,26+,27?,29-,30?,31-,35+,36?,38-/m0/s1. The third kappa shape index (κ3) is 7.05. The molecular weight excluding hydrogens is 545 g/mol. The first-order valence-corrected chi connectivity index (χ1v) is 19.0. The van der Waals surface area contributed by atoms with Crippen LogP contribution in [-0.4, -0.2) is 71.5 Å². The van der Waals surface area contributed by atoms with Crippen molar-refractivity contribution in [1.29, 1.82) is 0 Å². The zero-order chi connectivity index (χ0) is 31.0. The number of aliphatic hydroxyl groups is 1. The monoisotopic (exact) mass is 610 g/mol. The van der Waals surface area contributed by atoms with E-state index in [1.165, 1.54) is 88.8 Å². The molecule has 2 fully saturated rings. The number of allylic oxidation sites excluding steroid dienone is 4. The van der Waals surface area contributed by atoms with Gasteiger partial charge in [0.1, 0.15) is 6.17 Å². The second-order valence-corrected chi connectivity index (χ2v) is 16.0. The summed E-state index contributed by atoms with van der Waals surface area (Å²) in [5.74, 6) is 3.71. The molecule has 6 rings (SSSR count). The lowest BCUT2D eigenvalue weighted by molar-refractivity contribution is 0.0538. The summed E-state index contributed by atoms with van der Waals surface area (Å²) in [4.78, 5) is 5.65. The van der Waals surface area contributed by atoms with Crippen LogP contribution in [0, 0.1) is 35.5 Å². The lowest BCUT2D eigenvalue weighted by Crippen LogP contribution is -2.55. The van der Waals surface area contributed by atoms with Gasteiger partial charge in [0.2, 0.25) is 0 Å². The van der Waals surface area contributed by atoms with E-state index < -0.39 is 6.17 Å². The molecule has 0 bridgehead atoms. The van der Waals surface area contributed by atoms with Gasteiger partial charge in [-0.05, 0) is 144 Å². The fourth-order valence-corrected chi connectivity index (χ4v) is 10.3. The third-order valence-corrected chi connectivity index (χ3v) is 12.9. The van der Waals surface area contributed by atoms with Crippen LogP contribution in [0.15, 0.2) is 34.6 Å². The van der Waals surface area contributed by atoms with E-state index >= 15 is 0 Å². The van der Waals surface area contributed by atoms with Crippen LogP contribution in [0.4, 0.5) is 4.39 Å². The normalized spacial score (nSPS) is 38.5. The highest BCUT2D eigenvalue weighted by molar-refractivity contribution is 5.39. The van der Waals surface area contributed by atoms with Crippen LogP contribution in [0.2, 0.25) is 0 Å². The van der Waals surface area contributed by atoms with E-state index in [0.717, 1.165) is 31.1 Å². The number of nitrogens with one attached hydrogen (secondary N) is 1. The second-order valence-electron chi connectivity index (χ2n) is 16.0. The van der Waals surface area contributed by atoms with Crippen molar-refractivity contribution < 1.29 is 9.50 Å². The number of hydrogen-bond acceptors (Lipinski definition) is 4. The van der Waals surface area contributed by atoms with Gasteiger partial charge in [0, 0.05) is 42.8 Å². The van der Waals surface area contributed by atoms with E-state index in [1.807, 2.05) is 6.92 Å². The molecule has 9 atom stereocenters. The van der Waals surface area contributed by atoms with E-state index in [9.17, 15) is 9.50 Å². The molecule has 5 heteroatoms. The van der Waals surface area contributed by atoms with Gasteiger partial charge in [0.05, 0.1) is 6.10 Å². The van der Waals surface area contributed by atoms with E-state index in [-0.39, 0.29) is 6.10 Å². The molecule has 0 spiro atoms. The minimum absolute atomic E-state index is 0.258. The molecule has 0 radical (unpaired) electrons. The minimum Gasteiger partial charge on any atom is -0.393 e. The van der Waals surface area contributed by atoms with Gasteiger partial charge in [0.25, 0.3) is 0 Å².